The van der Waals surface area contributed by atoms with E-state index in [1.54, 1.807) is 0 Å². The smallest absolute Gasteiger partial charge is 0.253 e. The number of aryl methyl sites for hydroxylation is 1. The molecule has 5 heteroatoms. The van der Waals surface area contributed by atoms with Gasteiger partial charge in [-0.25, -0.2) is 4.68 Å². The minimum absolute atomic E-state index is 0.110. The molecule has 0 saturated carbocycles. The Hall–Kier alpha value is -2.14. The van der Waals surface area contributed by atoms with Crippen molar-refractivity contribution in [2.45, 2.75) is 19.8 Å². The molecule has 1 saturated heterocycles. The number of aromatic nitrogens is 2. The predicted molar refractivity (Wildman–Crippen MR) is 86.0 cm³/mol. The van der Waals surface area contributed by atoms with Crippen molar-refractivity contribution in [3.63, 3.8) is 0 Å². The van der Waals surface area contributed by atoms with E-state index in [-0.39, 0.29) is 5.91 Å². The van der Waals surface area contributed by atoms with Crippen molar-refractivity contribution in [3.05, 3.63) is 47.8 Å². The lowest BCUT2D eigenvalue weighted by molar-refractivity contribution is 0.0693. The molecule has 1 aliphatic heterocycles. The molecule has 0 bridgehead atoms. The number of piperidine rings is 1. The lowest BCUT2D eigenvalue weighted by Gasteiger charge is -2.31. The van der Waals surface area contributed by atoms with Gasteiger partial charge < -0.3 is 10.6 Å². The molecule has 2 heterocycles. The molecule has 1 aromatic carbocycles. The van der Waals surface area contributed by atoms with Gasteiger partial charge in [-0.3, -0.25) is 4.79 Å². The van der Waals surface area contributed by atoms with Crippen LogP contribution in [-0.4, -0.2) is 40.2 Å². The Morgan fingerprint density at radius 3 is 2.50 bits per heavy atom. The summed E-state index contributed by atoms with van der Waals surface area (Å²) in [7, 11) is 0. The fraction of sp³-hybridized carbons (Fsp3) is 0.412. The molecule has 116 valence electrons. The van der Waals surface area contributed by atoms with Gasteiger partial charge in [-0.2, -0.15) is 5.10 Å². The summed E-state index contributed by atoms with van der Waals surface area (Å²) in [4.78, 5) is 14.4. The minimum Gasteiger partial charge on any atom is -0.339 e. The number of likely N-dealkylation sites (tertiary alicyclic amines) is 1. The summed E-state index contributed by atoms with van der Waals surface area (Å²) >= 11 is 0. The predicted octanol–water partition coefficient (Wildman–Crippen LogP) is 1.99. The normalized spacial score (nSPS) is 16.0. The highest BCUT2D eigenvalue weighted by Crippen LogP contribution is 2.19. The van der Waals surface area contributed by atoms with Crippen LogP contribution in [0.2, 0.25) is 0 Å². The van der Waals surface area contributed by atoms with E-state index in [1.807, 2.05) is 53.2 Å². The summed E-state index contributed by atoms with van der Waals surface area (Å²) in [5, 5.41) is 4.28. The molecular formula is C17H22N4O. The van der Waals surface area contributed by atoms with Crippen LogP contribution in [0.25, 0.3) is 5.69 Å². The lowest BCUT2D eigenvalue weighted by Crippen LogP contribution is -2.40. The highest BCUT2D eigenvalue weighted by Gasteiger charge is 2.22. The number of hydrogen-bond donors (Lipinski definition) is 1. The minimum atomic E-state index is 0.110. The molecule has 0 unspecified atom stereocenters. The maximum Gasteiger partial charge on any atom is 0.253 e. The highest BCUT2D eigenvalue weighted by atomic mass is 16.2. The monoisotopic (exact) mass is 298 g/mol. The first-order valence-electron chi connectivity index (χ1n) is 7.78. The van der Waals surface area contributed by atoms with Crippen LogP contribution in [0.5, 0.6) is 0 Å². The lowest BCUT2D eigenvalue weighted by atomic mass is 9.96. The van der Waals surface area contributed by atoms with Crippen molar-refractivity contribution in [1.82, 2.24) is 14.7 Å². The van der Waals surface area contributed by atoms with Crippen molar-refractivity contribution < 1.29 is 4.79 Å². The first-order valence-corrected chi connectivity index (χ1v) is 7.78. The summed E-state index contributed by atoms with van der Waals surface area (Å²) < 4.78 is 1.82. The van der Waals surface area contributed by atoms with Gasteiger partial charge in [-0.15, -0.1) is 0 Å². The summed E-state index contributed by atoms with van der Waals surface area (Å²) in [6.07, 6.45) is 5.80. The van der Waals surface area contributed by atoms with E-state index in [0.29, 0.717) is 5.92 Å². The van der Waals surface area contributed by atoms with Gasteiger partial charge in [0.2, 0.25) is 0 Å². The van der Waals surface area contributed by atoms with Gasteiger partial charge in [0.1, 0.15) is 0 Å². The van der Waals surface area contributed by atoms with Gasteiger partial charge in [0.25, 0.3) is 5.91 Å². The molecule has 0 spiro atoms. The number of nitrogens with two attached hydrogens (primary N) is 1. The van der Waals surface area contributed by atoms with Crippen LogP contribution in [0.4, 0.5) is 0 Å². The molecule has 5 nitrogen and oxygen atoms in total. The number of amides is 1. The van der Waals surface area contributed by atoms with Gasteiger partial charge in [-0.1, -0.05) is 0 Å². The molecule has 1 fully saturated rings. The quantitative estimate of drug-likeness (QED) is 0.942. The first-order chi connectivity index (χ1) is 10.7. The Balaban J connectivity index is 1.69. The fourth-order valence-electron chi connectivity index (χ4n) is 2.87. The Morgan fingerprint density at radius 2 is 1.95 bits per heavy atom. The molecule has 0 radical (unpaired) electrons. The van der Waals surface area contributed by atoms with Gasteiger partial charge >= 0.3 is 0 Å². The average molecular weight is 298 g/mol. The molecular weight excluding hydrogens is 276 g/mol. The Bertz CT molecular complexity index is 639. The molecule has 0 aliphatic carbocycles. The summed E-state index contributed by atoms with van der Waals surface area (Å²) in [5.41, 5.74) is 8.51. The average Bonchev–Trinajstić information content (AvgIpc) is 3.01. The first kappa shape index (κ1) is 14.8. The van der Waals surface area contributed by atoms with Crippen LogP contribution in [0.15, 0.2) is 36.7 Å². The van der Waals surface area contributed by atoms with Gasteiger partial charge in [0, 0.05) is 24.8 Å². The SMILES string of the molecule is Cc1cnn(-c2ccc(C(=O)N3CCC(CN)CC3)cc2)c1. The van der Waals surface area contributed by atoms with E-state index in [0.717, 1.165) is 49.3 Å². The Labute approximate surface area is 130 Å². The third-order valence-corrected chi connectivity index (χ3v) is 4.33. The van der Waals surface area contributed by atoms with Crippen LogP contribution in [0.3, 0.4) is 0 Å². The second-order valence-electron chi connectivity index (χ2n) is 5.98. The van der Waals surface area contributed by atoms with Crippen LogP contribution < -0.4 is 5.73 Å². The molecule has 1 aromatic heterocycles. The van der Waals surface area contributed by atoms with Crippen LogP contribution >= 0.6 is 0 Å². The van der Waals surface area contributed by atoms with E-state index >= 15 is 0 Å². The topological polar surface area (TPSA) is 64.2 Å². The molecule has 1 amide bonds. The van der Waals surface area contributed by atoms with Crippen LogP contribution in [0, 0.1) is 12.8 Å². The molecule has 2 N–H and O–H groups in total. The molecule has 1 aliphatic rings. The number of rotatable bonds is 3. The van der Waals surface area contributed by atoms with Crippen LogP contribution in [-0.2, 0) is 0 Å². The third-order valence-electron chi connectivity index (χ3n) is 4.33. The van der Waals surface area contributed by atoms with E-state index < -0.39 is 0 Å². The summed E-state index contributed by atoms with van der Waals surface area (Å²) in [5.74, 6) is 0.674. The van der Waals surface area contributed by atoms with Crippen molar-refractivity contribution in [2.75, 3.05) is 19.6 Å². The number of carbonyl (C=O) groups is 1. The maximum atomic E-state index is 12.5. The number of nitrogens with zero attached hydrogens (tertiary/aromatic N) is 3. The third kappa shape index (κ3) is 3.04. The van der Waals surface area contributed by atoms with Gasteiger partial charge in [-0.05, 0) is 62.1 Å². The Kier molecular flexibility index (Phi) is 4.24. The highest BCUT2D eigenvalue weighted by molar-refractivity contribution is 5.94. The standard InChI is InChI=1S/C17H22N4O/c1-13-11-19-21(12-13)16-4-2-15(3-5-16)17(22)20-8-6-14(10-18)7-9-20/h2-5,11-12,14H,6-10,18H2,1H3. The molecule has 3 rings (SSSR count). The molecule has 2 aromatic rings. The largest absolute Gasteiger partial charge is 0.339 e. The van der Waals surface area contributed by atoms with E-state index in [1.165, 1.54) is 0 Å². The fourth-order valence-corrected chi connectivity index (χ4v) is 2.87. The van der Waals surface area contributed by atoms with Crippen molar-refractivity contribution >= 4 is 5.91 Å². The zero-order chi connectivity index (χ0) is 15.5. The van der Waals surface area contributed by atoms with E-state index in [9.17, 15) is 4.79 Å². The zero-order valence-corrected chi connectivity index (χ0v) is 12.9. The molecule has 0 atom stereocenters. The second kappa shape index (κ2) is 6.32. The van der Waals surface area contributed by atoms with Gasteiger partial charge in [0.05, 0.1) is 11.9 Å². The van der Waals surface area contributed by atoms with Crippen molar-refractivity contribution in [3.8, 4) is 5.69 Å². The number of hydrogen-bond acceptors (Lipinski definition) is 3. The maximum absolute atomic E-state index is 12.5. The van der Waals surface area contributed by atoms with Gasteiger partial charge in [0.15, 0.2) is 0 Å². The van der Waals surface area contributed by atoms with Crippen LogP contribution in [0.1, 0.15) is 28.8 Å². The van der Waals surface area contributed by atoms with E-state index in [4.69, 9.17) is 5.73 Å². The van der Waals surface area contributed by atoms with Crippen molar-refractivity contribution in [2.24, 2.45) is 11.7 Å². The second-order valence-corrected chi connectivity index (χ2v) is 5.98. The molecule has 22 heavy (non-hydrogen) atoms. The summed E-state index contributed by atoms with van der Waals surface area (Å²) in [6, 6.07) is 7.63. The summed E-state index contributed by atoms with van der Waals surface area (Å²) in [6.45, 7) is 4.34. The Morgan fingerprint density at radius 1 is 1.27 bits per heavy atom. The number of benzene rings is 1. The van der Waals surface area contributed by atoms with E-state index in [2.05, 4.69) is 5.10 Å². The zero-order valence-electron chi connectivity index (χ0n) is 12.9. The number of carbonyl (C=O) groups excluding carboxylic acids is 1. The van der Waals surface area contributed by atoms with Crippen molar-refractivity contribution in [1.29, 1.82) is 0 Å².